The van der Waals surface area contributed by atoms with Gasteiger partial charge in [0.25, 0.3) is 5.69 Å². The Balaban J connectivity index is 2.46. The Morgan fingerprint density at radius 2 is 2.06 bits per heavy atom. The molecule has 88 valence electrons. The number of aliphatic hydroxyl groups is 1. The number of nitro groups is 1. The summed E-state index contributed by atoms with van der Waals surface area (Å²) in [6, 6.07) is 6.15. The van der Waals surface area contributed by atoms with E-state index in [0.29, 0.717) is 6.54 Å². The van der Waals surface area contributed by atoms with Crippen LogP contribution >= 0.6 is 0 Å². The third kappa shape index (κ3) is 3.86. The lowest BCUT2D eigenvalue weighted by Gasteiger charge is -2.11. The first-order valence-electron chi connectivity index (χ1n) is 5.30. The van der Waals surface area contributed by atoms with Gasteiger partial charge < -0.3 is 10.4 Å². The Labute approximate surface area is 94.3 Å². The first-order chi connectivity index (χ1) is 7.63. The van der Waals surface area contributed by atoms with Gasteiger partial charge in [-0.3, -0.25) is 10.1 Å². The van der Waals surface area contributed by atoms with Crippen LogP contribution in [0.25, 0.3) is 0 Å². The van der Waals surface area contributed by atoms with Crippen molar-refractivity contribution in [1.82, 2.24) is 0 Å². The summed E-state index contributed by atoms with van der Waals surface area (Å²) in [5.41, 5.74) is 0.848. The monoisotopic (exact) mass is 224 g/mol. The first-order valence-corrected chi connectivity index (χ1v) is 5.30. The van der Waals surface area contributed by atoms with Gasteiger partial charge in [0.05, 0.1) is 11.0 Å². The van der Waals surface area contributed by atoms with Crippen molar-refractivity contribution in [2.24, 2.45) is 0 Å². The maximum Gasteiger partial charge on any atom is 0.269 e. The molecule has 1 unspecified atom stereocenters. The largest absolute Gasteiger partial charge is 0.391 e. The van der Waals surface area contributed by atoms with Crippen molar-refractivity contribution in [3.8, 4) is 0 Å². The number of non-ortho nitro benzene ring substituents is 1. The van der Waals surface area contributed by atoms with E-state index < -0.39 is 4.92 Å². The molecular formula is C11H16N2O3. The zero-order chi connectivity index (χ0) is 12.0. The van der Waals surface area contributed by atoms with Crippen LogP contribution in [-0.4, -0.2) is 22.7 Å². The highest BCUT2D eigenvalue weighted by Gasteiger charge is 2.05. The third-order valence-electron chi connectivity index (χ3n) is 2.24. The van der Waals surface area contributed by atoms with Crippen molar-refractivity contribution in [3.05, 3.63) is 34.4 Å². The fourth-order valence-electron chi connectivity index (χ4n) is 1.37. The van der Waals surface area contributed by atoms with E-state index in [1.807, 2.05) is 6.92 Å². The van der Waals surface area contributed by atoms with Crippen molar-refractivity contribution in [3.63, 3.8) is 0 Å². The topological polar surface area (TPSA) is 75.4 Å². The van der Waals surface area contributed by atoms with Gasteiger partial charge in [0.2, 0.25) is 0 Å². The van der Waals surface area contributed by atoms with E-state index in [9.17, 15) is 15.2 Å². The predicted octanol–water partition coefficient (Wildman–Crippen LogP) is 2.17. The molecule has 2 N–H and O–H groups in total. The lowest BCUT2D eigenvalue weighted by molar-refractivity contribution is -0.384. The van der Waals surface area contributed by atoms with Gasteiger partial charge in [-0.25, -0.2) is 0 Å². The summed E-state index contributed by atoms with van der Waals surface area (Å²) in [6.45, 7) is 2.47. The molecule has 0 aliphatic carbocycles. The van der Waals surface area contributed by atoms with E-state index in [1.54, 1.807) is 12.1 Å². The quantitative estimate of drug-likeness (QED) is 0.573. The molecule has 16 heavy (non-hydrogen) atoms. The first kappa shape index (κ1) is 12.4. The lowest BCUT2D eigenvalue weighted by atomic mass is 10.2. The second kappa shape index (κ2) is 6.07. The van der Waals surface area contributed by atoms with Crippen molar-refractivity contribution in [1.29, 1.82) is 0 Å². The van der Waals surface area contributed by atoms with E-state index in [4.69, 9.17) is 0 Å². The summed E-state index contributed by atoms with van der Waals surface area (Å²) in [4.78, 5) is 9.97. The van der Waals surface area contributed by atoms with Crippen LogP contribution in [0.3, 0.4) is 0 Å². The summed E-state index contributed by atoms with van der Waals surface area (Å²) in [5.74, 6) is 0. The average molecular weight is 224 g/mol. The van der Waals surface area contributed by atoms with Crippen molar-refractivity contribution in [2.45, 2.75) is 25.9 Å². The summed E-state index contributed by atoms with van der Waals surface area (Å²) >= 11 is 0. The van der Waals surface area contributed by atoms with Crippen LogP contribution in [0.2, 0.25) is 0 Å². The lowest BCUT2D eigenvalue weighted by Crippen LogP contribution is -2.18. The van der Waals surface area contributed by atoms with E-state index >= 15 is 0 Å². The highest BCUT2D eigenvalue weighted by molar-refractivity contribution is 5.48. The Bertz CT molecular complexity index is 338. The molecule has 5 nitrogen and oxygen atoms in total. The zero-order valence-corrected chi connectivity index (χ0v) is 9.22. The second-order valence-corrected chi connectivity index (χ2v) is 3.63. The minimum absolute atomic E-state index is 0.0691. The van der Waals surface area contributed by atoms with Crippen molar-refractivity contribution >= 4 is 11.4 Å². The summed E-state index contributed by atoms with van der Waals surface area (Å²) in [6.07, 6.45) is 1.31. The Morgan fingerprint density at radius 1 is 1.44 bits per heavy atom. The molecule has 0 radical (unpaired) electrons. The van der Waals surface area contributed by atoms with Gasteiger partial charge in [0, 0.05) is 24.4 Å². The van der Waals surface area contributed by atoms with E-state index in [2.05, 4.69) is 5.32 Å². The molecule has 0 heterocycles. The number of hydrogen-bond acceptors (Lipinski definition) is 4. The summed E-state index contributed by atoms with van der Waals surface area (Å²) in [7, 11) is 0. The fourth-order valence-corrected chi connectivity index (χ4v) is 1.37. The Morgan fingerprint density at radius 3 is 2.56 bits per heavy atom. The number of hydrogen-bond donors (Lipinski definition) is 2. The van der Waals surface area contributed by atoms with Crippen molar-refractivity contribution in [2.75, 3.05) is 11.9 Å². The number of nitrogens with one attached hydrogen (secondary N) is 1. The van der Waals surface area contributed by atoms with Gasteiger partial charge in [-0.2, -0.15) is 0 Å². The molecule has 0 saturated heterocycles. The van der Waals surface area contributed by atoms with Gasteiger partial charge in [-0.15, -0.1) is 0 Å². The maximum absolute atomic E-state index is 10.4. The molecule has 1 rings (SSSR count). The van der Waals surface area contributed by atoms with Crippen LogP contribution in [0.5, 0.6) is 0 Å². The Hall–Kier alpha value is -1.62. The van der Waals surface area contributed by atoms with E-state index in [0.717, 1.165) is 18.5 Å². The van der Waals surface area contributed by atoms with E-state index in [-0.39, 0.29) is 11.8 Å². The van der Waals surface area contributed by atoms with Crippen molar-refractivity contribution < 1.29 is 10.0 Å². The molecule has 0 aliphatic heterocycles. The van der Waals surface area contributed by atoms with Gasteiger partial charge in [0.15, 0.2) is 0 Å². The number of rotatable bonds is 6. The molecule has 0 saturated carbocycles. The van der Waals surface area contributed by atoms with Crippen LogP contribution in [0.1, 0.15) is 19.8 Å². The maximum atomic E-state index is 10.4. The average Bonchev–Trinajstić information content (AvgIpc) is 2.27. The SMILES string of the molecule is CCCC(O)CNc1ccc([N+](=O)[O-])cc1. The van der Waals surface area contributed by atoms with Crippen LogP contribution in [-0.2, 0) is 0 Å². The molecule has 0 fully saturated rings. The summed E-state index contributed by atoms with van der Waals surface area (Å²) in [5, 5.41) is 22.9. The molecule has 0 aromatic heterocycles. The molecule has 0 spiro atoms. The minimum Gasteiger partial charge on any atom is -0.391 e. The van der Waals surface area contributed by atoms with Gasteiger partial charge in [-0.05, 0) is 18.6 Å². The number of anilines is 1. The van der Waals surface area contributed by atoms with Crippen LogP contribution in [0.4, 0.5) is 11.4 Å². The number of aliphatic hydroxyl groups excluding tert-OH is 1. The third-order valence-corrected chi connectivity index (χ3v) is 2.24. The number of nitrogens with zero attached hydrogens (tertiary/aromatic N) is 1. The zero-order valence-electron chi connectivity index (χ0n) is 9.22. The van der Waals surface area contributed by atoms with Gasteiger partial charge >= 0.3 is 0 Å². The molecule has 1 atom stereocenters. The number of benzene rings is 1. The summed E-state index contributed by atoms with van der Waals surface area (Å²) < 4.78 is 0. The highest BCUT2D eigenvalue weighted by atomic mass is 16.6. The molecule has 1 aromatic rings. The molecule has 1 aromatic carbocycles. The van der Waals surface area contributed by atoms with Crippen LogP contribution in [0.15, 0.2) is 24.3 Å². The number of nitro benzene ring substituents is 1. The normalized spacial score (nSPS) is 12.1. The van der Waals surface area contributed by atoms with Crippen LogP contribution < -0.4 is 5.32 Å². The van der Waals surface area contributed by atoms with E-state index in [1.165, 1.54) is 12.1 Å². The van der Waals surface area contributed by atoms with Gasteiger partial charge in [0.1, 0.15) is 0 Å². The minimum atomic E-state index is -0.435. The molecule has 0 amide bonds. The second-order valence-electron chi connectivity index (χ2n) is 3.63. The Kier molecular flexibility index (Phi) is 4.72. The van der Waals surface area contributed by atoms with Gasteiger partial charge in [-0.1, -0.05) is 13.3 Å². The molecular weight excluding hydrogens is 208 g/mol. The molecule has 5 heteroatoms. The molecule has 0 bridgehead atoms. The fraction of sp³-hybridized carbons (Fsp3) is 0.455. The smallest absolute Gasteiger partial charge is 0.269 e. The predicted molar refractivity (Wildman–Crippen MR) is 62.5 cm³/mol. The highest BCUT2D eigenvalue weighted by Crippen LogP contribution is 2.15. The standard InChI is InChI=1S/C11H16N2O3/c1-2-3-11(14)8-12-9-4-6-10(7-5-9)13(15)16/h4-7,11-12,14H,2-3,8H2,1H3. The van der Waals surface area contributed by atoms with Crippen LogP contribution in [0, 0.1) is 10.1 Å². The molecule has 0 aliphatic rings.